The lowest BCUT2D eigenvalue weighted by atomic mass is 10.2. The van der Waals surface area contributed by atoms with Gasteiger partial charge in [0.05, 0.1) is 11.4 Å². The van der Waals surface area contributed by atoms with Crippen molar-refractivity contribution < 1.29 is 4.42 Å². The maximum Gasteiger partial charge on any atom is 0.227 e. The first-order chi connectivity index (χ1) is 8.25. The fraction of sp³-hybridized carbons (Fsp3) is 0. The van der Waals surface area contributed by atoms with E-state index in [1.807, 2.05) is 30.3 Å². The standard InChI is InChI=1S/C13H11N3O/c14-9-6-7-10-12(11(9)15)16-13(17-10)8-4-2-1-3-5-8/h1-7H,14-15H2. The Kier molecular flexibility index (Phi) is 2.01. The molecule has 0 amide bonds. The molecule has 0 unspecified atom stereocenters. The molecule has 84 valence electrons. The predicted molar refractivity (Wildman–Crippen MR) is 68.3 cm³/mol. The first-order valence-corrected chi connectivity index (χ1v) is 5.25. The summed E-state index contributed by atoms with van der Waals surface area (Å²) in [6, 6.07) is 13.2. The molecule has 0 radical (unpaired) electrons. The fourth-order valence-electron chi connectivity index (χ4n) is 1.73. The zero-order valence-corrected chi connectivity index (χ0v) is 9.05. The topological polar surface area (TPSA) is 78.1 Å². The quantitative estimate of drug-likeness (QED) is 0.624. The van der Waals surface area contributed by atoms with Crippen molar-refractivity contribution in [2.75, 3.05) is 11.5 Å². The summed E-state index contributed by atoms with van der Waals surface area (Å²) in [6.45, 7) is 0. The molecule has 4 N–H and O–H groups in total. The van der Waals surface area contributed by atoms with Crippen LogP contribution in [-0.4, -0.2) is 4.98 Å². The lowest BCUT2D eigenvalue weighted by molar-refractivity contribution is 0.620. The van der Waals surface area contributed by atoms with Gasteiger partial charge in [0.2, 0.25) is 5.89 Å². The Balaban J connectivity index is 2.24. The molecule has 3 rings (SSSR count). The van der Waals surface area contributed by atoms with E-state index in [-0.39, 0.29) is 0 Å². The summed E-state index contributed by atoms with van der Waals surface area (Å²) in [7, 11) is 0. The van der Waals surface area contributed by atoms with Crippen molar-refractivity contribution in [3.63, 3.8) is 0 Å². The number of hydrogen-bond acceptors (Lipinski definition) is 4. The van der Waals surface area contributed by atoms with Crippen molar-refractivity contribution >= 4 is 22.5 Å². The van der Waals surface area contributed by atoms with Gasteiger partial charge in [-0.15, -0.1) is 0 Å². The summed E-state index contributed by atoms with van der Waals surface area (Å²) in [5.74, 6) is 0.554. The molecule has 0 saturated heterocycles. The molecular weight excluding hydrogens is 214 g/mol. The average molecular weight is 225 g/mol. The molecule has 17 heavy (non-hydrogen) atoms. The summed E-state index contributed by atoms with van der Waals surface area (Å²) in [5.41, 5.74) is 14.8. The summed E-state index contributed by atoms with van der Waals surface area (Å²) in [6.07, 6.45) is 0. The van der Waals surface area contributed by atoms with Crippen molar-refractivity contribution in [3.05, 3.63) is 42.5 Å². The van der Waals surface area contributed by atoms with Gasteiger partial charge in [0.1, 0.15) is 5.52 Å². The van der Waals surface area contributed by atoms with Gasteiger partial charge in [0.15, 0.2) is 5.58 Å². The van der Waals surface area contributed by atoms with E-state index in [1.165, 1.54) is 0 Å². The third-order valence-electron chi connectivity index (χ3n) is 2.65. The van der Waals surface area contributed by atoms with Crippen LogP contribution in [0.25, 0.3) is 22.6 Å². The van der Waals surface area contributed by atoms with E-state index in [2.05, 4.69) is 4.98 Å². The van der Waals surface area contributed by atoms with Gasteiger partial charge in [0.25, 0.3) is 0 Å². The Morgan fingerprint density at radius 1 is 0.941 bits per heavy atom. The molecule has 0 aliphatic carbocycles. The van der Waals surface area contributed by atoms with Crippen LogP contribution in [0.1, 0.15) is 0 Å². The number of nitrogens with two attached hydrogens (primary N) is 2. The first-order valence-electron chi connectivity index (χ1n) is 5.25. The summed E-state index contributed by atoms with van der Waals surface area (Å²) in [5, 5.41) is 0. The maximum absolute atomic E-state index is 5.86. The predicted octanol–water partition coefficient (Wildman–Crippen LogP) is 2.66. The number of benzene rings is 2. The number of aromatic nitrogens is 1. The largest absolute Gasteiger partial charge is 0.436 e. The van der Waals surface area contributed by atoms with Crippen molar-refractivity contribution in [2.24, 2.45) is 0 Å². The van der Waals surface area contributed by atoms with E-state index < -0.39 is 0 Å². The van der Waals surface area contributed by atoms with Crippen molar-refractivity contribution in [1.29, 1.82) is 0 Å². The van der Waals surface area contributed by atoms with Crippen LogP contribution >= 0.6 is 0 Å². The lowest BCUT2D eigenvalue weighted by Crippen LogP contribution is -1.94. The van der Waals surface area contributed by atoms with Crippen LogP contribution in [0, 0.1) is 0 Å². The monoisotopic (exact) mass is 225 g/mol. The molecule has 2 aromatic carbocycles. The summed E-state index contributed by atoms with van der Waals surface area (Å²) < 4.78 is 5.64. The number of rotatable bonds is 1. The Morgan fingerprint density at radius 2 is 1.71 bits per heavy atom. The third-order valence-corrected chi connectivity index (χ3v) is 2.65. The van der Waals surface area contributed by atoms with E-state index in [0.29, 0.717) is 28.4 Å². The van der Waals surface area contributed by atoms with Gasteiger partial charge in [-0.25, -0.2) is 4.98 Å². The van der Waals surface area contributed by atoms with E-state index in [9.17, 15) is 0 Å². The van der Waals surface area contributed by atoms with E-state index in [4.69, 9.17) is 15.9 Å². The molecule has 0 atom stereocenters. The minimum atomic E-state index is 0.466. The van der Waals surface area contributed by atoms with Gasteiger partial charge in [-0.05, 0) is 24.3 Å². The van der Waals surface area contributed by atoms with Crippen LogP contribution in [-0.2, 0) is 0 Å². The molecule has 0 aliphatic rings. The van der Waals surface area contributed by atoms with Gasteiger partial charge in [-0.3, -0.25) is 0 Å². The number of nitrogens with zero attached hydrogens (tertiary/aromatic N) is 1. The molecule has 0 spiro atoms. The maximum atomic E-state index is 5.86. The Hall–Kier alpha value is -2.49. The van der Waals surface area contributed by atoms with E-state index in [1.54, 1.807) is 12.1 Å². The zero-order valence-electron chi connectivity index (χ0n) is 9.05. The SMILES string of the molecule is Nc1ccc2oc(-c3ccccc3)nc2c1N. The normalized spacial score (nSPS) is 10.8. The molecule has 0 bridgehead atoms. The Labute approximate surface area is 97.9 Å². The second-order valence-electron chi connectivity index (χ2n) is 3.80. The van der Waals surface area contributed by atoms with E-state index >= 15 is 0 Å². The number of nitrogen functional groups attached to an aromatic ring is 2. The van der Waals surface area contributed by atoms with Crippen molar-refractivity contribution in [1.82, 2.24) is 4.98 Å². The number of fused-ring (bicyclic) bond motifs is 1. The van der Waals surface area contributed by atoms with Crippen molar-refractivity contribution in [3.8, 4) is 11.5 Å². The smallest absolute Gasteiger partial charge is 0.227 e. The van der Waals surface area contributed by atoms with Crippen LogP contribution in [0.4, 0.5) is 11.4 Å². The fourth-order valence-corrected chi connectivity index (χ4v) is 1.73. The third kappa shape index (κ3) is 1.50. The van der Waals surface area contributed by atoms with Crippen LogP contribution in [0.2, 0.25) is 0 Å². The Morgan fingerprint density at radius 3 is 2.47 bits per heavy atom. The zero-order chi connectivity index (χ0) is 11.8. The second kappa shape index (κ2) is 3.52. The lowest BCUT2D eigenvalue weighted by Gasteiger charge is -1.96. The molecule has 3 aromatic rings. The minimum Gasteiger partial charge on any atom is -0.436 e. The van der Waals surface area contributed by atoms with Gasteiger partial charge in [0, 0.05) is 5.56 Å². The summed E-state index contributed by atoms with van der Waals surface area (Å²) in [4.78, 5) is 4.37. The highest BCUT2D eigenvalue weighted by Gasteiger charge is 2.11. The minimum absolute atomic E-state index is 0.466. The number of oxazole rings is 1. The van der Waals surface area contributed by atoms with Crippen LogP contribution in [0.15, 0.2) is 46.9 Å². The van der Waals surface area contributed by atoms with Crippen LogP contribution < -0.4 is 11.5 Å². The number of hydrogen-bond donors (Lipinski definition) is 2. The number of anilines is 2. The molecule has 0 saturated carbocycles. The molecular formula is C13H11N3O. The molecule has 1 aromatic heterocycles. The van der Waals surface area contributed by atoms with Gasteiger partial charge < -0.3 is 15.9 Å². The molecule has 4 nitrogen and oxygen atoms in total. The second-order valence-corrected chi connectivity index (χ2v) is 3.80. The van der Waals surface area contributed by atoms with Crippen LogP contribution in [0.3, 0.4) is 0 Å². The van der Waals surface area contributed by atoms with E-state index in [0.717, 1.165) is 5.56 Å². The highest BCUT2D eigenvalue weighted by molar-refractivity contribution is 5.93. The first kappa shape index (κ1) is 9.72. The molecule has 0 aliphatic heterocycles. The Bertz CT molecular complexity index is 674. The highest BCUT2D eigenvalue weighted by Crippen LogP contribution is 2.30. The van der Waals surface area contributed by atoms with Gasteiger partial charge in [-0.2, -0.15) is 0 Å². The molecule has 4 heteroatoms. The molecule has 1 heterocycles. The highest BCUT2D eigenvalue weighted by atomic mass is 16.3. The van der Waals surface area contributed by atoms with Gasteiger partial charge in [-0.1, -0.05) is 18.2 Å². The molecule has 0 fully saturated rings. The average Bonchev–Trinajstić information content (AvgIpc) is 2.80. The van der Waals surface area contributed by atoms with Crippen molar-refractivity contribution in [2.45, 2.75) is 0 Å². The van der Waals surface area contributed by atoms with Gasteiger partial charge >= 0.3 is 0 Å². The summed E-state index contributed by atoms with van der Waals surface area (Å²) >= 11 is 0. The van der Waals surface area contributed by atoms with Crippen LogP contribution in [0.5, 0.6) is 0 Å².